The van der Waals surface area contributed by atoms with Crippen molar-refractivity contribution < 1.29 is 17.6 Å². The van der Waals surface area contributed by atoms with Crippen molar-refractivity contribution in [2.24, 2.45) is 0 Å². The predicted molar refractivity (Wildman–Crippen MR) is 88.3 cm³/mol. The second kappa shape index (κ2) is 7.16. The van der Waals surface area contributed by atoms with Gasteiger partial charge >= 0.3 is 0 Å². The van der Waals surface area contributed by atoms with Crippen LogP contribution in [0.25, 0.3) is 11.3 Å². The summed E-state index contributed by atoms with van der Waals surface area (Å²) < 4.78 is 37.0. The third-order valence-electron chi connectivity index (χ3n) is 2.88. The van der Waals surface area contributed by atoms with E-state index in [1.54, 1.807) is 12.1 Å². The van der Waals surface area contributed by atoms with Gasteiger partial charge in [-0.05, 0) is 31.2 Å². The second-order valence-electron chi connectivity index (χ2n) is 4.90. The Labute approximate surface area is 137 Å². The Balaban J connectivity index is 2.00. The summed E-state index contributed by atoms with van der Waals surface area (Å²) in [6, 6.07) is 5.95. The fraction of sp³-hybridized carbons (Fsp3) is 0.286. The van der Waals surface area contributed by atoms with E-state index in [-0.39, 0.29) is 24.7 Å². The molecule has 0 spiro atoms. The Morgan fingerprint density at radius 2 is 1.96 bits per heavy atom. The van der Waals surface area contributed by atoms with Crippen molar-refractivity contribution in [3.8, 4) is 11.3 Å². The van der Waals surface area contributed by atoms with Crippen molar-refractivity contribution in [3.05, 3.63) is 35.0 Å². The van der Waals surface area contributed by atoms with Crippen molar-refractivity contribution in [1.29, 1.82) is 0 Å². The van der Waals surface area contributed by atoms with Gasteiger partial charge in [0.05, 0.1) is 11.9 Å². The standard InChI is InChI=1S/C14H16FN3O3S2/c1-9-13(10-3-5-11(15)6-4-10)18-14(22-9)17-12(19)7-8-16-23(2,20)21/h3-6,16H,7-8H2,1-2H3,(H,17,18,19). The van der Waals surface area contributed by atoms with Crippen molar-refractivity contribution in [2.45, 2.75) is 13.3 Å². The van der Waals surface area contributed by atoms with E-state index in [9.17, 15) is 17.6 Å². The molecule has 2 rings (SSSR count). The summed E-state index contributed by atoms with van der Waals surface area (Å²) in [4.78, 5) is 17.0. The first-order valence-corrected chi connectivity index (χ1v) is 9.43. The first-order chi connectivity index (χ1) is 10.7. The van der Waals surface area contributed by atoms with E-state index in [1.807, 2.05) is 6.92 Å². The van der Waals surface area contributed by atoms with Crippen LogP contribution in [0.15, 0.2) is 24.3 Å². The van der Waals surface area contributed by atoms with Crippen molar-refractivity contribution in [3.63, 3.8) is 0 Å². The van der Waals surface area contributed by atoms with Crippen LogP contribution in [0.1, 0.15) is 11.3 Å². The van der Waals surface area contributed by atoms with Crippen LogP contribution in [0.4, 0.5) is 9.52 Å². The number of benzene rings is 1. The highest BCUT2D eigenvalue weighted by molar-refractivity contribution is 7.88. The fourth-order valence-corrected chi connectivity index (χ4v) is 3.18. The molecule has 9 heteroatoms. The van der Waals surface area contributed by atoms with Crippen LogP contribution in [0.3, 0.4) is 0 Å². The number of nitrogens with one attached hydrogen (secondary N) is 2. The zero-order valence-corrected chi connectivity index (χ0v) is 14.2. The van der Waals surface area contributed by atoms with E-state index in [0.717, 1.165) is 16.7 Å². The molecule has 0 radical (unpaired) electrons. The number of nitrogens with zero attached hydrogens (tertiary/aromatic N) is 1. The molecule has 2 aromatic rings. The molecule has 0 saturated carbocycles. The molecule has 1 heterocycles. The molecule has 0 aliphatic carbocycles. The third kappa shape index (κ3) is 5.38. The Hall–Kier alpha value is -1.84. The van der Waals surface area contributed by atoms with Gasteiger partial charge in [0.2, 0.25) is 15.9 Å². The van der Waals surface area contributed by atoms with Gasteiger partial charge in [-0.3, -0.25) is 4.79 Å². The average molecular weight is 357 g/mol. The van der Waals surface area contributed by atoms with Crippen LogP contribution in [0, 0.1) is 12.7 Å². The number of sulfonamides is 1. The smallest absolute Gasteiger partial charge is 0.227 e. The van der Waals surface area contributed by atoms with Gasteiger partial charge < -0.3 is 5.32 Å². The highest BCUT2D eigenvalue weighted by Gasteiger charge is 2.12. The Morgan fingerprint density at radius 1 is 1.30 bits per heavy atom. The highest BCUT2D eigenvalue weighted by Crippen LogP contribution is 2.30. The molecule has 0 saturated heterocycles. The van der Waals surface area contributed by atoms with Gasteiger partial charge in [-0.2, -0.15) is 0 Å². The molecule has 0 bridgehead atoms. The highest BCUT2D eigenvalue weighted by atomic mass is 32.2. The number of hydrogen-bond donors (Lipinski definition) is 2. The summed E-state index contributed by atoms with van der Waals surface area (Å²) in [5.74, 6) is -0.658. The number of thiazole rings is 1. The number of carbonyl (C=O) groups excluding carboxylic acids is 1. The van der Waals surface area contributed by atoms with Crippen LogP contribution in [-0.2, 0) is 14.8 Å². The lowest BCUT2D eigenvalue weighted by molar-refractivity contribution is -0.116. The van der Waals surface area contributed by atoms with Gasteiger partial charge in [-0.25, -0.2) is 22.5 Å². The molecular formula is C14H16FN3O3S2. The maximum absolute atomic E-state index is 13.0. The van der Waals surface area contributed by atoms with Gasteiger partial charge in [0.25, 0.3) is 0 Å². The second-order valence-corrected chi connectivity index (χ2v) is 7.93. The molecule has 23 heavy (non-hydrogen) atoms. The molecule has 1 aromatic heterocycles. The van der Waals surface area contributed by atoms with Gasteiger partial charge in [0.1, 0.15) is 5.82 Å². The molecule has 0 fully saturated rings. The van der Waals surface area contributed by atoms with E-state index >= 15 is 0 Å². The minimum absolute atomic E-state index is 0.0115. The number of halogens is 1. The molecule has 1 aromatic carbocycles. The van der Waals surface area contributed by atoms with Gasteiger partial charge in [0.15, 0.2) is 5.13 Å². The van der Waals surface area contributed by atoms with E-state index in [4.69, 9.17) is 0 Å². The van der Waals surface area contributed by atoms with Crippen molar-refractivity contribution >= 4 is 32.4 Å². The van der Waals surface area contributed by atoms with Crippen molar-refractivity contribution in [2.75, 3.05) is 18.1 Å². The Kier molecular flexibility index (Phi) is 5.45. The summed E-state index contributed by atoms with van der Waals surface area (Å²) in [6.07, 6.45) is 1.04. The number of anilines is 1. The van der Waals surface area contributed by atoms with E-state index < -0.39 is 10.0 Å². The van der Waals surface area contributed by atoms with Crippen LogP contribution in [-0.4, -0.2) is 32.1 Å². The predicted octanol–water partition coefficient (Wildman–Crippen LogP) is 2.14. The molecule has 0 aliphatic rings. The monoisotopic (exact) mass is 357 g/mol. The first kappa shape index (κ1) is 17.5. The zero-order valence-electron chi connectivity index (χ0n) is 12.6. The summed E-state index contributed by atoms with van der Waals surface area (Å²) in [5.41, 5.74) is 1.44. The normalized spacial score (nSPS) is 11.4. The topological polar surface area (TPSA) is 88.2 Å². The molecule has 6 nitrogen and oxygen atoms in total. The first-order valence-electron chi connectivity index (χ1n) is 6.72. The van der Waals surface area contributed by atoms with Gasteiger partial charge in [0, 0.05) is 23.4 Å². The Morgan fingerprint density at radius 3 is 2.57 bits per heavy atom. The number of aromatic nitrogens is 1. The number of carbonyl (C=O) groups is 1. The van der Waals surface area contributed by atoms with Crippen LogP contribution >= 0.6 is 11.3 Å². The van der Waals surface area contributed by atoms with Crippen LogP contribution < -0.4 is 10.0 Å². The van der Waals surface area contributed by atoms with E-state index in [1.165, 1.54) is 23.5 Å². The lowest BCUT2D eigenvalue weighted by Crippen LogP contribution is -2.26. The van der Waals surface area contributed by atoms with Crippen LogP contribution in [0.5, 0.6) is 0 Å². The molecule has 2 N–H and O–H groups in total. The largest absolute Gasteiger partial charge is 0.302 e. The average Bonchev–Trinajstić information content (AvgIpc) is 2.79. The molecule has 0 atom stereocenters. The maximum atomic E-state index is 13.0. The Bertz CT molecular complexity index is 801. The zero-order chi connectivity index (χ0) is 17.0. The number of hydrogen-bond acceptors (Lipinski definition) is 5. The summed E-state index contributed by atoms with van der Waals surface area (Å²) in [5, 5.41) is 3.05. The lowest BCUT2D eigenvalue weighted by Gasteiger charge is -2.02. The SMILES string of the molecule is Cc1sc(NC(=O)CCNS(C)(=O)=O)nc1-c1ccc(F)cc1. The van der Waals surface area contributed by atoms with E-state index in [0.29, 0.717) is 10.8 Å². The maximum Gasteiger partial charge on any atom is 0.227 e. The quantitative estimate of drug-likeness (QED) is 0.829. The summed E-state index contributed by atoms with van der Waals surface area (Å²) in [6.45, 7) is 1.89. The van der Waals surface area contributed by atoms with Gasteiger partial charge in [-0.15, -0.1) is 11.3 Å². The van der Waals surface area contributed by atoms with Gasteiger partial charge in [-0.1, -0.05) is 0 Å². The molecule has 124 valence electrons. The lowest BCUT2D eigenvalue weighted by atomic mass is 10.1. The molecule has 0 unspecified atom stereocenters. The third-order valence-corrected chi connectivity index (χ3v) is 4.49. The number of amides is 1. The molecule has 1 amide bonds. The molecular weight excluding hydrogens is 341 g/mol. The van der Waals surface area contributed by atoms with Crippen LogP contribution in [0.2, 0.25) is 0 Å². The minimum Gasteiger partial charge on any atom is -0.302 e. The summed E-state index contributed by atoms with van der Waals surface area (Å²) >= 11 is 1.31. The molecule has 0 aliphatic heterocycles. The minimum atomic E-state index is -3.31. The number of aryl methyl sites for hydroxylation is 1. The van der Waals surface area contributed by atoms with E-state index in [2.05, 4.69) is 15.0 Å². The van der Waals surface area contributed by atoms with Crippen molar-refractivity contribution in [1.82, 2.24) is 9.71 Å². The fourth-order valence-electron chi connectivity index (χ4n) is 1.86. The summed E-state index contributed by atoms with van der Waals surface area (Å²) in [7, 11) is -3.31. The number of rotatable bonds is 6.